The molecule has 1 aromatic carbocycles. The molecule has 3 heteroatoms. The molecule has 1 nitrogen and oxygen atoms in total. The zero-order valence-corrected chi connectivity index (χ0v) is 11.2. The topological polar surface area (TPSA) is 20.2 Å². The van der Waals surface area contributed by atoms with Crippen molar-refractivity contribution in [2.24, 2.45) is 0 Å². The average Bonchev–Trinajstić information content (AvgIpc) is 2.75. The second-order valence-corrected chi connectivity index (χ2v) is 6.18. The molecule has 0 aliphatic heterocycles. The molecule has 1 aromatic rings. The van der Waals surface area contributed by atoms with Gasteiger partial charge in [-0.3, -0.25) is 0 Å². The van der Waals surface area contributed by atoms with Crippen LogP contribution in [0.3, 0.4) is 0 Å². The van der Waals surface area contributed by atoms with E-state index in [0.29, 0.717) is 10.8 Å². The Bertz CT molecular complexity index is 397. The van der Waals surface area contributed by atoms with E-state index in [2.05, 4.69) is 0 Å². The second kappa shape index (κ2) is 5.40. The first-order valence-electron chi connectivity index (χ1n) is 6.22. The molecule has 94 valence electrons. The predicted octanol–water partition coefficient (Wildman–Crippen LogP) is 4.22. The lowest BCUT2D eigenvalue weighted by atomic mass is 10.1. The second-order valence-electron chi connectivity index (χ2n) is 4.84. The molecule has 0 unspecified atom stereocenters. The third-order valence-corrected chi connectivity index (χ3v) is 4.75. The Morgan fingerprint density at radius 1 is 1.35 bits per heavy atom. The van der Waals surface area contributed by atoms with Crippen molar-refractivity contribution in [3.05, 3.63) is 29.1 Å². The van der Waals surface area contributed by atoms with E-state index in [-0.39, 0.29) is 5.82 Å². The number of rotatable bonds is 3. The molecule has 0 spiro atoms. The first-order chi connectivity index (χ1) is 8.08. The van der Waals surface area contributed by atoms with Gasteiger partial charge in [0, 0.05) is 10.1 Å². The molecule has 1 fully saturated rings. The monoisotopic (exact) mass is 254 g/mol. The summed E-state index contributed by atoms with van der Waals surface area (Å²) < 4.78 is 13.5. The smallest absolute Gasteiger partial charge is 0.126 e. The van der Waals surface area contributed by atoms with E-state index < -0.39 is 6.10 Å². The lowest BCUT2D eigenvalue weighted by molar-refractivity contribution is 0.196. The van der Waals surface area contributed by atoms with Crippen LogP contribution in [0.4, 0.5) is 4.39 Å². The maximum atomic E-state index is 13.5. The highest BCUT2D eigenvalue weighted by Crippen LogP contribution is 2.38. The number of aryl methyl sites for hydroxylation is 1. The minimum atomic E-state index is -0.603. The lowest BCUT2D eigenvalue weighted by Gasteiger charge is -2.16. The van der Waals surface area contributed by atoms with Crippen LogP contribution in [-0.4, -0.2) is 10.4 Å². The summed E-state index contributed by atoms with van der Waals surface area (Å²) in [5.41, 5.74) is 1.39. The lowest BCUT2D eigenvalue weighted by Crippen LogP contribution is -2.01. The fourth-order valence-corrected chi connectivity index (χ4v) is 3.82. The average molecular weight is 254 g/mol. The number of aliphatic hydroxyl groups excluding tert-OH is 1. The highest BCUT2D eigenvalue weighted by atomic mass is 32.2. The Kier molecular flexibility index (Phi) is 4.10. The van der Waals surface area contributed by atoms with Crippen LogP contribution >= 0.6 is 11.8 Å². The normalized spacial score (nSPS) is 18.6. The van der Waals surface area contributed by atoms with Gasteiger partial charge in [-0.05, 0) is 49.9 Å². The Balaban J connectivity index is 2.26. The molecule has 1 aliphatic carbocycles. The highest BCUT2D eigenvalue weighted by molar-refractivity contribution is 8.00. The largest absolute Gasteiger partial charge is 0.389 e. The molecule has 0 heterocycles. The third-order valence-electron chi connectivity index (χ3n) is 3.34. The summed E-state index contributed by atoms with van der Waals surface area (Å²) in [7, 11) is 0. The van der Waals surface area contributed by atoms with Crippen LogP contribution < -0.4 is 0 Å². The summed E-state index contributed by atoms with van der Waals surface area (Å²) in [6.45, 7) is 3.47. The molecule has 0 amide bonds. The van der Waals surface area contributed by atoms with Crippen LogP contribution in [0.2, 0.25) is 0 Å². The maximum absolute atomic E-state index is 13.5. The maximum Gasteiger partial charge on any atom is 0.126 e. The van der Waals surface area contributed by atoms with E-state index in [4.69, 9.17) is 0 Å². The van der Waals surface area contributed by atoms with Gasteiger partial charge in [0.1, 0.15) is 5.82 Å². The number of halogens is 1. The molecule has 1 saturated carbocycles. The molecule has 0 saturated heterocycles. The van der Waals surface area contributed by atoms with Gasteiger partial charge in [0.2, 0.25) is 0 Å². The van der Waals surface area contributed by atoms with Crippen molar-refractivity contribution in [1.82, 2.24) is 0 Å². The Morgan fingerprint density at radius 3 is 2.59 bits per heavy atom. The fraction of sp³-hybridized carbons (Fsp3) is 0.571. The van der Waals surface area contributed by atoms with E-state index in [1.807, 2.05) is 6.07 Å². The summed E-state index contributed by atoms with van der Waals surface area (Å²) in [5.74, 6) is -0.225. The summed E-state index contributed by atoms with van der Waals surface area (Å²) >= 11 is 1.80. The fourth-order valence-electron chi connectivity index (χ4n) is 2.28. The zero-order valence-electron chi connectivity index (χ0n) is 10.4. The highest BCUT2D eigenvalue weighted by Gasteiger charge is 2.19. The number of aliphatic hydroxyl groups is 1. The molecular formula is C14H19FOS. The molecule has 1 aliphatic rings. The Hall–Kier alpha value is -0.540. The molecule has 1 atom stereocenters. The molecule has 1 N–H and O–H groups in total. The van der Waals surface area contributed by atoms with Crippen molar-refractivity contribution < 1.29 is 9.50 Å². The molecule has 0 radical (unpaired) electrons. The van der Waals surface area contributed by atoms with E-state index in [0.717, 1.165) is 10.5 Å². The van der Waals surface area contributed by atoms with Crippen LogP contribution in [0.1, 0.15) is 49.8 Å². The van der Waals surface area contributed by atoms with Crippen molar-refractivity contribution in [1.29, 1.82) is 0 Å². The van der Waals surface area contributed by atoms with E-state index in [1.165, 1.54) is 31.7 Å². The number of hydrogen-bond acceptors (Lipinski definition) is 2. The SMILES string of the molecule is Cc1cc(SC2CCCC2)c([C@@H](C)O)cc1F. The molecule has 17 heavy (non-hydrogen) atoms. The van der Waals surface area contributed by atoms with Crippen molar-refractivity contribution in [3.63, 3.8) is 0 Å². The van der Waals surface area contributed by atoms with E-state index in [9.17, 15) is 9.50 Å². The predicted molar refractivity (Wildman–Crippen MR) is 69.9 cm³/mol. The van der Waals surface area contributed by atoms with Gasteiger partial charge in [0.25, 0.3) is 0 Å². The van der Waals surface area contributed by atoms with E-state index in [1.54, 1.807) is 25.6 Å². The quantitative estimate of drug-likeness (QED) is 0.871. The first kappa shape index (κ1) is 12.9. The van der Waals surface area contributed by atoms with Crippen molar-refractivity contribution in [2.75, 3.05) is 0 Å². The summed E-state index contributed by atoms with van der Waals surface area (Å²) in [4.78, 5) is 1.05. The summed E-state index contributed by atoms with van der Waals surface area (Å²) in [6, 6.07) is 3.36. The van der Waals surface area contributed by atoms with Crippen LogP contribution in [0, 0.1) is 12.7 Å². The van der Waals surface area contributed by atoms with Gasteiger partial charge in [0.15, 0.2) is 0 Å². The van der Waals surface area contributed by atoms with Crippen molar-refractivity contribution in [2.45, 2.75) is 55.8 Å². The number of thioether (sulfide) groups is 1. The Morgan fingerprint density at radius 2 is 2.00 bits per heavy atom. The van der Waals surface area contributed by atoms with Crippen LogP contribution in [0.5, 0.6) is 0 Å². The number of hydrogen-bond donors (Lipinski definition) is 1. The van der Waals surface area contributed by atoms with Crippen LogP contribution in [0.25, 0.3) is 0 Å². The third kappa shape index (κ3) is 3.02. The van der Waals surface area contributed by atoms with Crippen molar-refractivity contribution in [3.8, 4) is 0 Å². The van der Waals surface area contributed by atoms with Gasteiger partial charge in [-0.2, -0.15) is 0 Å². The molecule has 0 bridgehead atoms. The van der Waals surface area contributed by atoms with Gasteiger partial charge in [0.05, 0.1) is 6.10 Å². The number of benzene rings is 1. The minimum Gasteiger partial charge on any atom is -0.389 e. The van der Waals surface area contributed by atoms with Gasteiger partial charge >= 0.3 is 0 Å². The summed E-state index contributed by atoms with van der Waals surface area (Å²) in [5, 5.41) is 10.4. The summed E-state index contributed by atoms with van der Waals surface area (Å²) in [6.07, 6.45) is 4.46. The zero-order chi connectivity index (χ0) is 12.4. The molecule has 0 aromatic heterocycles. The van der Waals surface area contributed by atoms with Gasteiger partial charge in [-0.15, -0.1) is 11.8 Å². The van der Waals surface area contributed by atoms with Crippen LogP contribution in [-0.2, 0) is 0 Å². The van der Waals surface area contributed by atoms with Crippen molar-refractivity contribution >= 4 is 11.8 Å². The minimum absolute atomic E-state index is 0.225. The standard InChI is InChI=1S/C14H19FOS/c1-9-7-14(17-11-5-3-4-6-11)12(10(2)16)8-13(9)15/h7-8,10-11,16H,3-6H2,1-2H3/t10-/m1/s1. The molecule has 2 rings (SSSR count). The van der Waals surface area contributed by atoms with Crippen LogP contribution in [0.15, 0.2) is 17.0 Å². The Labute approximate surface area is 106 Å². The van der Waals surface area contributed by atoms with Gasteiger partial charge in [-0.25, -0.2) is 4.39 Å². The van der Waals surface area contributed by atoms with Gasteiger partial charge < -0.3 is 5.11 Å². The molecular weight excluding hydrogens is 235 g/mol. The van der Waals surface area contributed by atoms with E-state index >= 15 is 0 Å². The van der Waals surface area contributed by atoms with Gasteiger partial charge in [-0.1, -0.05) is 12.8 Å². The first-order valence-corrected chi connectivity index (χ1v) is 7.10.